The van der Waals surface area contributed by atoms with Crippen molar-refractivity contribution in [2.24, 2.45) is 0 Å². The van der Waals surface area contributed by atoms with Crippen LogP contribution in [0.5, 0.6) is 0 Å². The van der Waals surface area contributed by atoms with Gasteiger partial charge in [0.2, 0.25) is 5.91 Å². The van der Waals surface area contributed by atoms with E-state index in [9.17, 15) is 4.79 Å². The van der Waals surface area contributed by atoms with Gasteiger partial charge in [0.1, 0.15) is 0 Å². The maximum absolute atomic E-state index is 11.7. The number of carbonyl (C=O) groups excluding carboxylic acids is 1. The fourth-order valence-corrected chi connectivity index (χ4v) is 2.77. The van der Waals surface area contributed by atoms with E-state index in [0.29, 0.717) is 11.7 Å². The summed E-state index contributed by atoms with van der Waals surface area (Å²) in [6.07, 6.45) is 3.28. The lowest BCUT2D eigenvalue weighted by Gasteiger charge is -1.97. The molecule has 100 valence electrons. The molecular formula is C13H14BrN3OS. The second-order valence-electron chi connectivity index (χ2n) is 4.33. The molecule has 2 aromatic heterocycles. The minimum absolute atomic E-state index is 0.189. The van der Waals surface area contributed by atoms with Crippen molar-refractivity contribution in [1.29, 1.82) is 0 Å². The molecule has 0 saturated heterocycles. The van der Waals surface area contributed by atoms with E-state index >= 15 is 0 Å². The van der Waals surface area contributed by atoms with Gasteiger partial charge in [-0.15, -0.1) is 11.3 Å². The number of aromatic amines is 1. The number of amides is 1. The normalized spacial score (nSPS) is 11.4. The zero-order valence-corrected chi connectivity index (χ0v) is 13.0. The minimum atomic E-state index is -0.189. The molecule has 4 nitrogen and oxygen atoms in total. The summed E-state index contributed by atoms with van der Waals surface area (Å²) in [6, 6.07) is 5.74. The predicted molar refractivity (Wildman–Crippen MR) is 82.4 cm³/mol. The molecule has 0 radical (unpaired) electrons. The largest absolute Gasteiger partial charge is 0.306 e. The smallest absolute Gasteiger partial charge is 0.249 e. The Morgan fingerprint density at radius 1 is 1.53 bits per heavy atom. The molecule has 0 saturated carbocycles. The molecule has 2 aromatic rings. The van der Waals surface area contributed by atoms with E-state index in [0.717, 1.165) is 14.4 Å². The van der Waals surface area contributed by atoms with E-state index in [4.69, 9.17) is 0 Å². The van der Waals surface area contributed by atoms with Gasteiger partial charge < -0.3 is 5.32 Å². The van der Waals surface area contributed by atoms with Crippen LogP contribution in [0.1, 0.15) is 30.3 Å². The van der Waals surface area contributed by atoms with Crippen LogP contribution in [0.2, 0.25) is 0 Å². The summed E-state index contributed by atoms with van der Waals surface area (Å²) in [6.45, 7) is 4.13. The molecule has 0 aromatic carbocycles. The van der Waals surface area contributed by atoms with Gasteiger partial charge in [0.25, 0.3) is 0 Å². The van der Waals surface area contributed by atoms with Crippen LogP contribution in [-0.4, -0.2) is 16.1 Å². The van der Waals surface area contributed by atoms with Crippen molar-refractivity contribution < 1.29 is 4.79 Å². The number of nitrogens with zero attached hydrogens (tertiary/aromatic N) is 1. The first-order chi connectivity index (χ1) is 9.04. The molecule has 2 N–H and O–H groups in total. The van der Waals surface area contributed by atoms with Crippen LogP contribution in [0, 0.1) is 0 Å². The van der Waals surface area contributed by atoms with Gasteiger partial charge in [-0.1, -0.05) is 13.8 Å². The van der Waals surface area contributed by atoms with Gasteiger partial charge in [0, 0.05) is 22.7 Å². The number of aromatic nitrogens is 2. The van der Waals surface area contributed by atoms with E-state index in [1.165, 1.54) is 6.08 Å². The summed E-state index contributed by atoms with van der Waals surface area (Å²) >= 11 is 4.95. The number of H-pyrrole nitrogens is 1. The van der Waals surface area contributed by atoms with E-state index in [1.54, 1.807) is 17.4 Å². The highest BCUT2D eigenvalue weighted by atomic mass is 79.9. The van der Waals surface area contributed by atoms with Gasteiger partial charge in [-0.2, -0.15) is 5.10 Å². The average molecular weight is 340 g/mol. The highest BCUT2D eigenvalue weighted by Crippen LogP contribution is 2.23. The quantitative estimate of drug-likeness (QED) is 0.827. The molecule has 19 heavy (non-hydrogen) atoms. The van der Waals surface area contributed by atoms with Crippen molar-refractivity contribution in [2.45, 2.75) is 19.8 Å². The number of hydrogen-bond acceptors (Lipinski definition) is 3. The van der Waals surface area contributed by atoms with Crippen LogP contribution < -0.4 is 5.32 Å². The lowest BCUT2D eigenvalue weighted by atomic mass is 10.1. The van der Waals surface area contributed by atoms with E-state index in [1.807, 2.05) is 18.2 Å². The highest BCUT2D eigenvalue weighted by Gasteiger charge is 2.06. The molecule has 2 heterocycles. The Balaban J connectivity index is 1.95. The first-order valence-corrected chi connectivity index (χ1v) is 7.45. The number of thiophene rings is 1. The lowest BCUT2D eigenvalue weighted by Crippen LogP contribution is -2.07. The first kappa shape index (κ1) is 14.0. The summed E-state index contributed by atoms with van der Waals surface area (Å²) in [7, 11) is 0. The van der Waals surface area contributed by atoms with E-state index in [-0.39, 0.29) is 5.91 Å². The van der Waals surface area contributed by atoms with Gasteiger partial charge in [-0.05, 0) is 40.1 Å². The molecule has 6 heteroatoms. The molecule has 0 aliphatic carbocycles. The molecule has 0 aliphatic rings. The van der Waals surface area contributed by atoms with Gasteiger partial charge in [0.15, 0.2) is 5.82 Å². The fraction of sp³-hybridized carbons (Fsp3) is 0.231. The Morgan fingerprint density at radius 2 is 2.32 bits per heavy atom. The molecule has 0 fully saturated rings. The summed E-state index contributed by atoms with van der Waals surface area (Å²) in [5.41, 5.74) is 1.00. The van der Waals surface area contributed by atoms with Gasteiger partial charge in [-0.25, -0.2) is 0 Å². The van der Waals surface area contributed by atoms with E-state index in [2.05, 4.69) is 45.3 Å². The van der Waals surface area contributed by atoms with Crippen molar-refractivity contribution in [2.75, 3.05) is 5.32 Å². The predicted octanol–water partition coefficient (Wildman–Crippen LogP) is 4.01. The maximum Gasteiger partial charge on any atom is 0.249 e. The van der Waals surface area contributed by atoms with Crippen molar-refractivity contribution >= 4 is 45.1 Å². The molecule has 0 bridgehead atoms. The molecule has 0 atom stereocenters. The summed E-state index contributed by atoms with van der Waals surface area (Å²) in [5, 5.41) is 9.65. The minimum Gasteiger partial charge on any atom is -0.306 e. The van der Waals surface area contributed by atoms with Crippen molar-refractivity contribution in [3.05, 3.63) is 38.6 Å². The van der Waals surface area contributed by atoms with Crippen molar-refractivity contribution in [3.8, 4) is 0 Å². The van der Waals surface area contributed by atoms with E-state index < -0.39 is 0 Å². The SMILES string of the molecule is CC(C)c1cc(NC(=O)/C=C/c2ccc(Br)s2)n[nH]1. The van der Waals surface area contributed by atoms with Crippen LogP contribution in [-0.2, 0) is 4.79 Å². The third-order valence-electron chi connectivity index (χ3n) is 2.46. The number of rotatable bonds is 4. The first-order valence-electron chi connectivity index (χ1n) is 5.84. The maximum atomic E-state index is 11.7. The fourth-order valence-electron chi connectivity index (χ4n) is 1.44. The van der Waals surface area contributed by atoms with Crippen LogP contribution in [0.4, 0.5) is 5.82 Å². The Hall–Kier alpha value is -1.40. The molecule has 0 unspecified atom stereocenters. The standard InChI is InChI=1S/C13H14BrN3OS/c1-8(2)10-7-12(17-16-10)15-13(18)6-4-9-3-5-11(14)19-9/h3-8H,1-2H3,(H2,15,16,17,18)/b6-4+. The Kier molecular flexibility index (Phi) is 4.55. The molecule has 0 spiro atoms. The number of carbonyl (C=O) groups is 1. The third kappa shape index (κ3) is 4.04. The van der Waals surface area contributed by atoms with Gasteiger partial charge >= 0.3 is 0 Å². The van der Waals surface area contributed by atoms with Crippen molar-refractivity contribution in [3.63, 3.8) is 0 Å². The Morgan fingerprint density at radius 3 is 2.89 bits per heavy atom. The zero-order valence-electron chi connectivity index (χ0n) is 10.6. The van der Waals surface area contributed by atoms with Gasteiger partial charge in [0.05, 0.1) is 3.79 Å². The number of halogens is 1. The van der Waals surface area contributed by atoms with Crippen molar-refractivity contribution in [1.82, 2.24) is 10.2 Å². The number of nitrogens with one attached hydrogen (secondary N) is 2. The Bertz CT molecular complexity index is 601. The van der Waals surface area contributed by atoms with Crippen LogP contribution >= 0.6 is 27.3 Å². The molecular weight excluding hydrogens is 326 g/mol. The second kappa shape index (κ2) is 6.16. The lowest BCUT2D eigenvalue weighted by molar-refractivity contribution is -0.111. The topological polar surface area (TPSA) is 57.8 Å². The zero-order chi connectivity index (χ0) is 13.8. The van der Waals surface area contributed by atoms with Crippen LogP contribution in [0.15, 0.2) is 28.1 Å². The highest BCUT2D eigenvalue weighted by molar-refractivity contribution is 9.11. The van der Waals surface area contributed by atoms with Crippen LogP contribution in [0.3, 0.4) is 0 Å². The summed E-state index contributed by atoms with van der Waals surface area (Å²) < 4.78 is 1.04. The monoisotopic (exact) mass is 339 g/mol. The van der Waals surface area contributed by atoms with Crippen LogP contribution in [0.25, 0.3) is 6.08 Å². The second-order valence-corrected chi connectivity index (χ2v) is 6.82. The summed E-state index contributed by atoms with van der Waals surface area (Å²) in [5.74, 6) is 0.717. The molecule has 2 rings (SSSR count). The third-order valence-corrected chi connectivity index (χ3v) is 4.05. The number of anilines is 1. The average Bonchev–Trinajstić information content (AvgIpc) is 2.96. The number of hydrogen-bond donors (Lipinski definition) is 2. The molecule has 1 amide bonds. The van der Waals surface area contributed by atoms with Gasteiger partial charge in [-0.3, -0.25) is 9.89 Å². The molecule has 0 aliphatic heterocycles. The Labute approximate surface area is 124 Å². The summed E-state index contributed by atoms with van der Waals surface area (Å²) in [4.78, 5) is 12.7.